The van der Waals surface area contributed by atoms with Crippen molar-refractivity contribution in [3.8, 4) is 0 Å². The molecule has 0 radical (unpaired) electrons. The molecule has 0 aromatic rings. The zero-order chi connectivity index (χ0) is 10.7. The molecule has 1 heterocycles. The number of nitrogens with zero attached hydrogens (tertiary/aromatic N) is 1. The van der Waals surface area contributed by atoms with Crippen LogP contribution >= 0.6 is 0 Å². The summed E-state index contributed by atoms with van der Waals surface area (Å²) in [6, 6.07) is 0. The monoisotopic (exact) mass is 203 g/mol. The molecule has 0 saturated heterocycles. The Morgan fingerprint density at radius 2 is 2.07 bits per heavy atom. The molecule has 0 spiro atoms. The van der Waals surface area contributed by atoms with E-state index in [1.165, 1.54) is 43.4 Å². The van der Waals surface area contributed by atoms with E-state index in [2.05, 4.69) is 32.2 Å². The maximum atomic E-state index is 4.72. The molecule has 1 aliphatic heterocycles. The second kappa shape index (κ2) is 4.34. The van der Waals surface area contributed by atoms with Gasteiger partial charge in [0.1, 0.15) is 0 Å². The Bertz CT molecular complexity index is 294. The third kappa shape index (κ3) is 2.39. The van der Waals surface area contributed by atoms with E-state index in [1.807, 2.05) is 0 Å². The third-order valence-electron chi connectivity index (χ3n) is 3.67. The molecule has 1 atom stereocenters. The predicted molar refractivity (Wildman–Crippen MR) is 66.1 cm³/mol. The third-order valence-corrected chi connectivity index (χ3v) is 3.67. The maximum Gasteiger partial charge on any atom is 0.0431 e. The molecule has 15 heavy (non-hydrogen) atoms. The first kappa shape index (κ1) is 10.7. The van der Waals surface area contributed by atoms with Crippen molar-refractivity contribution in [1.82, 2.24) is 0 Å². The fraction of sp³-hybridized carbons (Fsp3) is 0.643. The van der Waals surface area contributed by atoms with Gasteiger partial charge in [0.25, 0.3) is 0 Å². The van der Waals surface area contributed by atoms with Crippen molar-refractivity contribution in [2.75, 3.05) is 0 Å². The normalized spacial score (nSPS) is 31.1. The molecule has 1 heteroatoms. The van der Waals surface area contributed by atoms with E-state index in [4.69, 9.17) is 4.99 Å². The minimum atomic E-state index is 0.173. The SMILES string of the molecule is CCC1(C)C=CC2=C(CCCCC2)N=C1. The number of hydrogen-bond acceptors (Lipinski definition) is 1. The molecule has 2 aliphatic rings. The molecule has 0 N–H and O–H groups in total. The Hall–Kier alpha value is -0.850. The van der Waals surface area contributed by atoms with Gasteiger partial charge in [-0.15, -0.1) is 0 Å². The van der Waals surface area contributed by atoms with Crippen molar-refractivity contribution >= 4 is 6.21 Å². The Morgan fingerprint density at radius 3 is 2.87 bits per heavy atom. The van der Waals surface area contributed by atoms with Crippen LogP contribution in [0.25, 0.3) is 0 Å². The Kier molecular flexibility index (Phi) is 3.08. The van der Waals surface area contributed by atoms with Crippen molar-refractivity contribution in [2.45, 2.75) is 52.4 Å². The van der Waals surface area contributed by atoms with Crippen LogP contribution in [-0.4, -0.2) is 6.21 Å². The Balaban J connectivity index is 2.26. The van der Waals surface area contributed by atoms with E-state index in [-0.39, 0.29) is 5.41 Å². The van der Waals surface area contributed by atoms with Gasteiger partial charge in [-0.05, 0) is 37.7 Å². The van der Waals surface area contributed by atoms with Gasteiger partial charge >= 0.3 is 0 Å². The number of allylic oxidation sites excluding steroid dienone is 4. The van der Waals surface area contributed by atoms with Crippen LogP contribution in [0.5, 0.6) is 0 Å². The Labute approximate surface area is 93.0 Å². The largest absolute Gasteiger partial charge is 0.264 e. The highest BCUT2D eigenvalue weighted by atomic mass is 14.8. The standard InChI is InChI=1S/C14H21N/c1-3-14(2)10-9-12-7-5-4-6-8-13(12)15-11-14/h9-11H,3-8H2,1-2H3. The van der Waals surface area contributed by atoms with Crippen LogP contribution in [0.4, 0.5) is 0 Å². The quantitative estimate of drug-likeness (QED) is 0.603. The first-order valence-electron chi connectivity index (χ1n) is 6.20. The van der Waals surface area contributed by atoms with Crippen LogP contribution < -0.4 is 0 Å². The van der Waals surface area contributed by atoms with E-state index in [0.717, 1.165) is 6.42 Å². The molecule has 0 saturated carbocycles. The molecule has 0 aromatic carbocycles. The molecule has 0 amide bonds. The van der Waals surface area contributed by atoms with Gasteiger partial charge in [-0.2, -0.15) is 0 Å². The van der Waals surface area contributed by atoms with Crippen molar-refractivity contribution < 1.29 is 0 Å². The second-order valence-electron chi connectivity index (χ2n) is 4.98. The topological polar surface area (TPSA) is 12.4 Å². The summed E-state index contributed by atoms with van der Waals surface area (Å²) in [5, 5.41) is 0. The lowest BCUT2D eigenvalue weighted by molar-refractivity contribution is 0.585. The summed E-state index contributed by atoms with van der Waals surface area (Å²) in [5.74, 6) is 0. The zero-order valence-corrected chi connectivity index (χ0v) is 9.92. The van der Waals surface area contributed by atoms with Gasteiger partial charge in [-0.1, -0.05) is 32.4 Å². The maximum absolute atomic E-state index is 4.72. The molecule has 2 rings (SSSR count). The van der Waals surface area contributed by atoms with Gasteiger partial charge in [-0.25, -0.2) is 0 Å². The van der Waals surface area contributed by atoms with Gasteiger partial charge in [0, 0.05) is 17.3 Å². The zero-order valence-electron chi connectivity index (χ0n) is 9.92. The van der Waals surface area contributed by atoms with E-state index in [1.54, 1.807) is 0 Å². The van der Waals surface area contributed by atoms with Crippen LogP contribution in [0.3, 0.4) is 0 Å². The van der Waals surface area contributed by atoms with Crippen LogP contribution in [0.15, 0.2) is 28.4 Å². The summed E-state index contributed by atoms with van der Waals surface area (Å²) in [5.41, 5.74) is 3.01. The fourth-order valence-electron chi connectivity index (χ4n) is 2.19. The smallest absolute Gasteiger partial charge is 0.0431 e. The summed E-state index contributed by atoms with van der Waals surface area (Å²) in [4.78, 5) is 4.72. The summed E-state index contributed by atoms with van der Waals surface area (Å²) in [7, 11) is 0. The van der Waals surface area contributed by atoms with Gasteiger partial charge < -0.3 is 0 Å². The summed E-state index contributed by atoms with van der Waals surface area (Å²) >= 11 is 0. The first-order chi connectivity index (χ1) is 7.23. The van der Waals surface area contributed by atoms with E-state index in [0.29, 0.717) is 0 Å². The average Bonchev–Trinajstić information content (AvgIpc) is 2.55. The lowest BCUT2D eigenvalue weighted by Gasteiger charge is -2.16. The molecule has 82 valence electrons. The molecule has 1 unspecified atom stereocenters. The second-order valence-corrected chi connectivity index (χ2v) is 4.98. The van der Waals surface area contributed by atoms with Gasteiger partial charge in [0.05, 0.1) is 0 Å². The van der Waals surface area contributed by atoms with Crippen molar-refractivity contribution in [2.24, 2.45) is 10.4 Å². The number of hydrogen-bond donors (Lipinski definition) is 0. The molecular weight excluding hydrogens is 182 g/mol. The van der Waals surface area contributed by atoms with Crippen LogP contribution in [0.2, 0.25) is 0 Å². The lowest BCUT2D eigenvalue weighted by atomic mass is 9.88. The number of rotatable bonds is 1. The van der Waals surface area contributed by atoms with Gasteiger partial charge in [-0.3, -0.25) is 4.99 Å². The average molecular weight is 203 g/mol. The van der Waals surface area contributed by atoms with Crippen molar-refractivity contribution in [1.29, 1.82) is 0 Å². The van der Waals surface area contributed by atoms with Crippen LogP contribution in [0.1, 0.15) is 52.4 Å². The van der Waals surface area contributed by atoms with E-state index >= 15 is 0 Å². The fourth-order valence-corrected chi connectivity index (χ4v) is 2.19. The highest BCUT2D eigenvalue weighted by Crippen LogP contribution is 2.31. The van der Waals surface area contributed by atoms with Crippen LogP contribution in [0, 0.1) is 5.41 Å². The minimum absolute atomic E-state index is 0.173. The summed E-state index contributed by atoms with van der Waals surface area (Å²) < 4.78 is 0. The Morgan fingerprint density at radius 1 is 1.27 bits per heavy atom. The van der Waals surface area contributed by atoms with Crippen LogP contribution in [-0.2, 0) is 0 Å². The predicted octanol–water partition coefficient (Wildman–Crippen LogP) is 4.26. The molecule has 1 nitrogen and oxygen atoms in total. The first-order valence-corrected chi connectivity index (χ1v) is 6.20. The summed E-state index contributed by atoms with van der Waals surface area (Å²) in [6.07, 6.45) is 14.4. The van der Waals surface area contributed by atoms with Crippen molar-refractivity contribution in [3.05, 3.63) is 23.4 Å². The highest BCUT2D eigenvalue weighted by molar-refractivity contribution is 5.70. The van der Waals surface area contributed by atoms with Gasteiger partial charge in [0.2, 0.25) is 0 Å². The number of aliphatic imine (C=N–C) groups is 1. The molecular formula is C14H21N. The summed E-state index contributed by atoms with van der Waals surface area (Å²) in [6.45, 7) is 4.49. The minimum Gasteiger partial charge on any atom is -0.264 e. The molecule has 0 fully saturated rings. The van der Waals surface area contributed by atoms with E-state index < -0.39 is 0 Å². The molecule has 0 aromatic heterocycles. The molecule has 0 bridgehead atoms. The van der Waals surface area contributed by atoms with E-state index in [9.17, 15) is 0 Å². The molecule has 1 aliphatic carbocycles. The van der Waals surface area contributed by atoms with Gasteiger partial charge in [0.15, 0.2) is 0 Å². The highest BCUT2D eigenvalue weighted by Gasteiger charge is 2.19. The lowest BCUT2D eigenvalue weighted by Crippen LogP contribution is -2.12. The van der Waals surface area contributed by atoms with Crippen molar-refractivity contribution in [3.63, 3.8) is 0 Å².